The third-order valence-electron chi connectivity index (χ3n) is 4.49. The fraction of sp³-hybridized carbons (Fsp3) is 0.786. The van der Waals surface area contributed by atoms with E-state index < -0.39 is 0 Å². The molecule has 1 aromatic rings. The van der Waals surface area contributed by atoms with Crippen LogP contribution >= 0.6 is 11.5 Å². The summed E-state index contributed by atoms with van der Waals surface area (Å²) in [5.74, 6) is 0.362. The van der Waals surface area contributed by atoms with Crippen LogP contribution in [0.3, 0.4) is 0 Å². The smallest absolute Gasteiger partial charge is 0.179 e. The van der Waals surface area contributed by atoms with E-state index in [2.05, 4.69) is 9.59 Å². The molecule has 2 heterocycles. The van der Waals surface area contributed by atoms with E-state index in [0.29, 0.717) is 0 Å². The zero-order valence-electron chi connectivity index (χ0n) is 11.4. The lowest BCUT2D eigenvalue weighted by Crippen LogP contribution is -2.39. The molecular formula is C14H20N2O2S. The summed E-state index contributed by atoms with van der Waals surface area (Å²) in [5, 5.41) is 4.06. The molecule has 0 amide bonds. The number of Topliss-reactive ketones (excluding diaryl/α,β-unsaturated/α-hetero) is 1. The van der Waals surface area contributed by atoms with E-state index in [1.165, 1.54) is 24.4 Å². The van der Waals surface area contributed by atoms with Gasteiger partial charge in [-0.3, -0.25) is 4.79 Å². The van der Waals surface area contributed by atoms with Crippen molar-refractivity contribution in [2.24, 2.45) is 5.92 Å². The van der Waals surface area contributed by atoms with Gasteiger partial charge in [-0.25, -0.2) is 0 Å². The van der Waals surface area contributed by atoms with Gasteiger partial charge in [0.2, 0.25) is 0 Å². The van der Waals surface area contributed by atoms with Crippen molar-refractivity contribution < 1.29 is 9.53 Å². The minimum Gasteiger partial charge on any atom is -0.375 e. The van der Waals surface area contributed by atoms with Crippen molar-refractivity contribution in [3.05, 3.63) is 10.6 Å². The van der Waals surface area contributed by atoms with E-state index in [4.69, 9.17) is 4.74 Å². The molecule has 1 aliphatic heterocycles. The number of carbonyl (C=O) groups is 1. The first-order valence-electron chi connectivity index (χ1n) is 7.23. The molecule has 1 unspecified atom stereocenters. The van der Waals surface area contributed by atoms with Gasteiger partial charge >= 0.3 is 0 Å². The lowest BCUT2D eigenvalue weighted by Gasteiger charge is -2.37. The van der Waals surface area contributed by atoms with Crippen LogP contribution < -0.4 is 0 Å². The Balaban J connectivity index is 1.76. The van der Waals surface area contributed by atoms with Crippen LogP contribution in [0, 0.1) is 5.92 Å². The average molecular weight is 280 g/mol. The van der Waals surface area contributed by atoms with Crippen molar-refractivity contribution in [3.63, 3.8) is 0 Å². The highest BCUT2D eigenvalue weighted by Gasteiger charge is 2.42. The molecule has 4 nitrogen and oxygen atoms in total. The van der Waals surface area contributed by atoms with Crippen LogP contribution in [0.1, 0.15) is 60.8 Å². The van der Waals surface area contributed by atoms with Crippen molar-refractivity contribution in [1.82, 2.24) is 9.59 Å². The van der Waals surface area contributed by atoms with Crippen LogP contribution in [0.25, 0.3) is 0 Å². The predicted molar refractivity (Wildman–Crippen MR) is 73.5 cm³/mol. The Morgan fingerprint density at radius 3 is 3.00 bits per heavy atom. The molecule has 2 aliphatic rings. The predicted octanol–water partition coefficient (Wildman–Crippen LogP) is 3.02. The molecule has 1 saturated heterocycles. The molecular weight excluding hydrogens is 260 g/mol. The number of nitrogens with zero attached hydrogens (tertiary/aromatic N) is 2. The Labute approximate surface area is 117 Å². The first-order valence-corrected chi connectivity index (χ1v) is 8.01. The molecule has 0 radical (unpaired) electrons. The quantitative estimate of drug-likeness (QED) is 0.799. The first-order chi connectivity index (χ1) is 9.24. The normalized spacial score (nSPS) is 25.8. The van der Waals surface area contributed by atoms with Crippen molar-refractivity contribution in [2.75, 3.05) is 6.61 Å². The van der Waals surface area contributed by atoms with Gasteiger partial charge in [0.25, 0.3) is 0 Å². The number of hydrogen-bond acceptors (Lipinski definition) is 5. The molecule has 1 aliphatic carbocycles. The maximum Gasteiger partial charge on any atom is 0.179 e. The van der Waals surface area contributed by atoms with E-state index in [1.54, 1.807) is 0 Å². The Morgan fingerprint density at radius 2 is 2.26 bits per heavy atom. The number of ketones is 1. The highest BCUT2D eigenvalue weighted by molar-refractivity contribution is 7.08. The summed E-state index contributed by atoms with van der Waals surface area (Å²) in [5.41, 5.74) is 0.866. The van der Waals surface area contributed by atoms with Gasteiger partial charge < -0.3 is 4.74 Å². The molecule has 104 valence electrons. The number of hydrogen-bond donors (Lipinski definition) is 0. The fourth-order valence-corrected chi connectivity index (χ4v) is 4.20. The minimum atomic E-state index is 0.00305. The molecule has 1 spiro atoms. The molecule has 5 heteroatoms. The molecule has 3 rings (SSSR count). The number of aromatic nitrogens is 2. The summed E-state index contributed by atoms with van der Waals surface area (Å²) < 4.78 is 9.94. The lowest BCUT2D eigenvalue weighted by molar-refractivity contribution is -0.0866. The van der Waals surface area contributed by atoms with Crippen molar-refractivity contribution in [3.8, 4) is 0 Å². The summed E-state index contributed by atoms with van der Waals surface area (Å²) >= 11 is 1.26. The van der Waals surface area contributed by atoms with Crippen molar-refractivity contribution >= 4 is 17.3 Å². The van der Waals surface area contributed by atoms with Crippen molar-refractivity contribution in [1.29, 1.82) is 0 Å². The molecule has 1 aromatic heterocycles. The second-order valence-corrected chi connectivity index (χ2v) is 6.45. The van der Waals surface area contributed by atoms with Gasteiger partial charge in [0.05, 0.1) is 11.3 Å². The summed E-state index contributed by atoms with van der Waals surface area (Å²) in [6, 6.07) is 0. The zero-order chi connectivity index (χ0) is 13.3. The van der Waals surface area contributed by atoms with Gasteiger partial charge in [-0.05, 0) is 43.6 Å². The molecule has 0 bridgehead atoms. The first kappa shape index (κ1) is 13.2. The second kappa shape index (κ2) is 5.29. The lowest BCUT2D eigenvalue weighted by atomic mass is 9.82. The third kappa shape index (κ3) is 2.46. The molecule has 0 N–H and O–H groups in total. The summed E-state index contributed by atoms with van der Waals surface area (Å²) in [6.45, 7) is 2.75. The fourth-order valence-electron chi connectivity index (χ4n) is 3.43. The van der Waals surface area contributed by atoms with Crippen LogP contribution in [0.5, 0.6) is 0 Å². The maximum absolute atomic E-state index is 12.7. The van der Waals surface area contributed by atoms with E-state index in [-0.39, 0.29) is 17.3 Å². The van der Waals surface area contributed by atoms with Crippen LogP contribution in [0.15, 0.2) is 0 Å². The van der Waals surface area contributed by atoms with E-state index in [0.717, 1.165) is 49.3 Å². The van der Waals surface area contributed by atoms with Gasteiger partial charge in [0, 0.05) is 12.5 Å². The molecule has 1 atom stereocenters. The Morgan fingerprint density at radius 1 is 1.47 bits per heavy atom. The third-order valence-corrected chi connectivity index (χ3v) is 5.28. The largest absolute Gasteiger partial charge is 0.375 e. The van der Waals surface area contributed by atoms with Gasteiger partial charge in [-0.15, -0.1) is 5.10 Å². The topological polar surface area (TPSA) is 52.1 Å². The van der Waals surface area contributed by atoms with Crippen molar-refractivity contribution in [2.45, 2.75) is 57.5 Å². The number of aryl methyl sites for hydroxylation is 1. The highest BCUT2D eigenvalue weighted by atomic mass is 32.1. The Hall–Kier alpha value is -0.810. The van der Waals surface area contributed by atoms with E-state index in [1.807, 2.05) is 6.92 Å². The highest BCUT2D eigenvalue weighted by Crippen LogP contribution is 2.43. The number of rotatable bonds is 3. The van der Waals surface area contributed by atoms with Crippen LogP contribution in [0.2, 0.25) is 0 Å². The summed E-state index contributed by atoms with van der Waals surface area (Å²) in [6.07, 6.45) is 7.25. The Bertz CT molecular complexity index is 466. The number of carbonyl (C=O) groups excluding carboxylic acids is 1. The Kier molecular flexibility index (Phi) is 3.67. The minimum absolute atomic E-state index is 0.00305. The van der Waals surface area contributed by atoms with Gasteiger partial charge in [-0.2, -0.15) is 0 Å². The average Bonchev–Trinajstić information content (AvgIpc) is 3.07. The zero-order valence-corrected chi connectivity index (χ0v) is 12.2. The maximum atomic E-state index is 12.7. The molecule has 2 fully saturated rings. The number of ether oxygens (including phenoxy) is 1. The van der Waals surface area contributed by atoms with Gasteiger partial charge in [0.1, 0.15) is 4.88 Å². The van der Waals surface area contributed by atoms with Crippen LogP contribution in [0.4, 0.5) is 0 Å². The second-order valence-electron chi connectivity index (χ2n) is 5.69. The summed E-state index contributed by atoms with van der Waals surface area (Å²) in [4.78, 5) is 13.4. The van der Waals surface area contributed by atoms with E-state index >= 15 is 0 Å². The van der Waals surface area contributed by atoms with Gasteiger partial charge in [0.15, 0.2) is 5.78 Å². The molecule has 19 heavy (non-hydrogen) atoms. The van der Waals surface area contributed by atoms with Crippen LogP contribution in [-0.2, 0) is 11.2 Å². The SMILES string of the molecule is CCc1nnsc1C(=O)C1CCOC2(CCCC2)C1. The standard InChI is InChI=1S/C14H20N2O2S/c1-2-11-13(19-16-15-11)12(17)10-5-8-18-14(9-10)6-3-4-7-14/h10H,2-9H2,1H3. The van der Waals surface area contributed by atoms with E-state index in [9.17, 15) is 4.79 Å². The van der Waals surface area contributed by atoms with Gasteiger partial charge in [-0.1, -0.05) is 24.3 Å². The van der Waals surface area contributed by atoms with Crippen LogP contribution in [-0.4, -0.2) is 27.6 Å². The monoisotopic (exact) mass is 280 g/mol. The molecule has 1 saturated carbocycles. The molecule has 0 aromatic carbocycles. The summed E-state index contributed by atoms with van der Waals surface area (Å²) in [7, 11) is 0.